The Morgan fingerprint density at radius 3 is 2.57 bits per heavy atom. The number of hydrogen-bond donors (Lipinski definition) is 0. The molecule has 1 aliphatic carbocycles. The summed E-state index contributed by atoms with van der Waals surface area (Å²) in [5.41, 5.74) is -0.395. The summed E-state index contributed by atoms with van der Waals surface area (Å²) in [5, 5.41) is 0. The first-order valence-corrected chi connectivity index (χ1v) is 10.2. The molecule has 3 fully saturated rings. The number of carbonyl (C=O) groups is 1. The molecule has 154 valence electrons. The van der Waals surface area contributed by atoms with Crippen LogP contribution in [0.5, 0.6) is 0 Å². The third kappa shape index (κ3) is 4.11. The Morgan fingerprint density at radius 1 is 1.04 bits per heavy atom. The summed E-state index contributed by atoms with van der Waals surface area (Å²) in [6, 6.07) is 3.37. The van der Waals surface area contributed by atoms with Crippen molar-refractivity contribution in [3.8, 4) is 0 Å². The third-order valence-electron chi connectivity index (χ3n) is 6.37. The van der Waals surface area contributed by atoms with Crippen LogP contribution in [0.2, 0.25) is 0 Å². The van der Waals surface area contributed by atoms with E-state index in [1.54, 1.807) is 6.07 Å². The van der Waals surface area contributed by atoms with E-state index in [0.29, 0.717) is 31.2 Å². The Balaban J connectivity index is 1.35. The molecule has 8 heteroatoms. The van der Waals surface area contributed by atoms with Crippen LogP contribution in [-0.2, 0) is 11.0 Å². The van der Waals surface area contributed by atoms with Crippen molar-refractivity contribution < 1.29 is 18.0 Å². The fourth-order valence-corrected chi connectivity index (χ4v) is 4.50. The molecule has 1 saturated carbocycles. The van der Waals surface area contributed by atoms with Gasteiger partial charge in [0.2, 0.25) is 5.91 Å². The summed E-state index contributed by atoms with van der Waals surface area (Å²) in [6.07, 6.45) is 2.28. The van der Waals surface area contributed by atoms with Crippen LogP contribution in [0, 0.1) is 5.92 Å². The van der Waals surface area contributed by atoms with Crippen molar-refractivity contribution in [1.29, 1.82) is 0 Å². The lowest BCUT2D eigenvalue weighted by atomic mass is 9.91. The van der Waals surface area contributed by atoms with Gasteiger partial charge in [-0.3, -0.25) is 14.7 Å². The molecule has 3 aliphatic rings. The molecular weight excluding hydrogens is 369 g/mol. The summed E-state index contributed by atoms with van der Waals surface area (Å²) >= 11 is 0. The molecule has 1 unspecified atom stereocenters. The van der Waals surface area contributed by atoms with Crippen LogP contribution in [0.4, 0.5) is 18.9 Å². The summed E-state index contributed by atoms with van der Waals surface area (Å²) in [6.45, 7) is 4.61. The van der Waals surface area contributed by atoms with Gasteiger partial charge in [-0.15, -0.1) is 0 Å². The lowest BCUT2D eigenvalue weighted by Gasteiger charge is -2.36. The first-order valence-electron chi connectivity index (χ1n) is 10.2. The zero-order valence-corrected chi connectivity index (χ0v) is 16.0. The maximum atomic E-state index is 13.0. The average molecular weight is 396 g/mol. The van der Waals surface area contributed by atoms with Crippen LogP contribution in [-0.4, -0.2) is 66.0 Å². The van der Waals surface area contributed by atoms with Crippen molar-refractivity contribution in [2.24, 2.45) is 5.92 Å². The molecule has 0 spiro atoms. The van der Waals surface area contributed by atoms with Gasteiger partial charge < -0.3 is 9.80 Å². The van der Waals surface area contributed by atoms with Gasteiger partial charge >= 0.3 is 6.18 Å². The fraction of sp³-hybridized carbons (Fsp3) is 0.700. The van der Waals surface area contributed by atoms with Crippen molar-refractivity contribution in [3.05, 3.63) is 24.0 Å². The summed E-state index contributed by atoms with van der Waals surface area (Å²) in [5.74, 6) is 0.0146. The average Bonchev–Trinajstić information content (AvgIpc) is 3.00. The lowest BCUT2D eigenvalue weighted by molar-refractivity contribution is -0.141. The molecule has 3 heterocycles. The molecule has 0 bridgehead atoms. The van der Waals surface area contributed by atoms with E-state index in [1.165, 1.54) is 25.5 Å². The van der Waals surface area contributed by atoms with Crippen molar-refractivity contribution in [2.45, 2.75) is 44.3 Å². The van der Waals surface area contributed by atoms with Crippen LogP contribution in [0.25, 0.3) is 0 Å². The van der Waals surface area contributed by atoms with E-state index in [1.807, 2.05) is 9.80 Å². The zero-order valence-electron chi connectivity index (χ0n) is 16.0. The van der Waals surface area contributed by atoms with Crippen LogP contribution in [0.1, 0.15) is 37.8 Å². The molecule has 2 saturated heterocycles. The van der Waals surface area contributed by atoms with E-state index in [-0.39, 0.29) is 11.8 Å². The molecule has 1 amide bonds. The minimum absolute atomic E-state index is 0.141. The van der Waals surface area contributed by atoms with Gasteiger partial charge in [0.25, 0.3) is 0 Å². The number of aromatic nitrogens is 1. The highest BCUT2D eigenvalue weighted by atomic mass is 19.4. The van der Waals surface area contributed by atoms with Crippen LogP contribution < -0.4 is 4.90 Å². The van der Waals surface area contributed by atoms with Crippen molar-refractivity contribution in [2.75, 3.05) is 44.2 Å². The molecule has 0 radical (unpaired) electrons. The van der Waals surface area contributed by atoms with Gasteiger partial charge in [-0.2, -0.15) is 13.2 Å². The molecule has 1 atom stereocenters. The van der Waals surface area contributed by atoms with E-state index in [0.717, 1.165) is 38.7 Å². The first-order chi connectivity index (χ1) is 13.4. The predicted octanol–water partition coefficient (Wildman–Crippen LogP) is 3.01. The molecule has 1 aromatic heterocycles. The minimum Gasteiger partial charge on any atom is -0.371 e. The smallest absolute Gasteiger partial charge is 0.371 e. The van der Waals surface area contributed by atoms with Crippen LogP contribution in [0.15, 0.2) is 18.3 Å². The lowest BCUT2D eigenvalue weighted by Crippen LogP contribution is -2.43. The molecule has 0 aromatic carbocycles. The van der Waals surface area contributed by atoms with E-state index >= 15 is 0 Å². The Hall–Kier alpha value is -1.83. The van der Waals surface area contributed by atoms with Gasteiger partial charge in [-0.25, -0.2) is 0 Å². The topological polar surface area (TPSA) is 39.7 Å². The molecular formula is C20H27F3N4O. The molecule has 2 aliphatic heterocycles. The third-order valence-corrected chi connectivity index (χ3v) is 6.37. The molecule has 5 nitrogen and oxygen atoms in total. The summed E-state index contributed by atoms with van der Waals surface area (Å²) in [4.78, 5) is 22.8. The number of amides is 1. The van der Waals surface area contributed by atoms with Crippen LogP contribution in [0.3, 0.4) is 0 Å². The van der Waals surface area contributed by atoms with Crippen molar-refractivity contribution >= 4 is 11.6 Å². The molecule has 0 N–H and O–H groups in total. The second kappa shape index (κ2) is 7.89. The maximum Gasteiger partial charge on any atom is 0.433 e. The molecule has 28 heavy (non-hydrogen) atoms. The minimum atomic E-state index is -4.46. The SMILES string of the molecule is O=C(C1CCN(c2ccnc(C(F)(F)F)c2)C1)N1CCCN(C2CCC2)CC1. The maximum absolute atomic E-state index is 13.0. The van der Waals surface area contributed by atoms with Crippen molar-refractivity contribution in [1.82, 2.24) is 14.8 Å². The fourth-order valence-electron chi connectivity index (χ4n) is 4.50. The normalized spacial score (nSPS) is 24.9. The first kappa shape index (κ1) is 19.5. The predicted molar refractivity (Wildman–Crippen MR) is 100.0 cm³/mol. The number of halogens is 3. The van der Waals surface area contributed by atoms with E-state index in [2.05, 4.69) is 9.88 Å². The zero-order chi connectivity index (χ0) is 19.7. The van der Waals surface area contributed by atoms with Gasteiger partial charge in [0, 0.05) is 57.2 Å². The quantitative estimate of drug-likeness (QED) is 0.788. The van der Waals surface area contributed by atoms with Gasteiger partial charge in [0.05, 0.1) is 5.92 Å². The van der Waals surface area contributed by atoms with Crippen molar-refractivity contribution in [3.63, 3.8) is 0 Å². The number of nitrogens with zero attached hydrogens (tertiary/aromatic N) is 4. The molecule has 1 aromatic rings. The largest absolute Gasteiger partial charge is 0.433 e. The van der Waals surface area contributed by atoms with E-state index in [4.69, 9.17) is 0 Å². The number of pyridine rings is 1. The van der Waals surface area contributed by atoms with Gasteiger partial charge in [-0.05, 0) is 37.8 Å². The highest BCUT2D eigenvalue weighted by Gasteiger charge is 2.36. The Bertz CT molecular complexity index is 707. The standard InChI is InChI=1S/C20H27F3N4O/c21-20(22,23)18-13-17(5-7-24-18)27-10-6-15(14-27)19(28)26-9-2-8-25(11-12-26)16-3-1-4-16/h5,7,13,15-16H,1-4,6,8-12,14H2. The Kier molecular flexibility index (Phi) is 5.49. The highest BCUT2D eigenvalue weighted by molar-refractivity contribution is 5.80. The van der Waals surface area contributed by atoms with Gasteiger partial charge in [0.15, 0.2) is 0 Å². The second-order valence-electron chi connectivity index (χ2n) is 8.13. The number of carbonyl (C=O) groups excluding carboxylic acids is 1. The van der Waals surface area contributed by atoms with E-state index in [9.17, 15) is 18.0 Å². The van der Waals surface area contributed by atoms with Crippen LogP contribution >= 0.6 is 0 Å². The number of hydrogen-bond acceptors (Lipinski definition) is 4. The Labute approximate surface area is 163 Å². The second-order valence-corrected chi connectivity index (χ2v) is 8.13. The monoisotopic (exact) mass is 396 g/mol. The Morgan fingerprint density at radius 2 is 1.86 bits per heavy atom. The number of alkyl halides is 3. The highest BCUT2D eigenvalue weighted by Crippen LogP contribution is 2.32. The molecule has 4 rings (SSSR count). The van der Waals surface area contributed by atoms with Gasteiger partial charge in [0.1, 0.15) is 5.69 Å². The summed E-state index contributed by atoms with van der Waals surface area (Å²) in [7, 11) is 0. The number of rotatable bonds is 3. The van der Waals surface area contributed by atoms with E-state index < -0.39 is 11.9 Å². The summed E-state index contributed by atoms with van der Waals surface area (Å²) < 4.78 is 38.7. The number of anilines is 1. The van der Waals surface area contributed by atoms with Gasteiger partial charge in [-0.1, -0.05) is 6.42 Å².